The van der Waals surface area contributed by atoms with Gasteiger partial charge in [-0.25, -0.2) is 4.99 Å². The number of hydrogen-bond acceptors (Lipinski definition) is 4. The van der Waals surface area contributed by atoms with E-state index < -0.39 is 0 Å². The molecule has 144 valence electrons. The van der Waals surface area contributed by atoms with E-state index in [0.29, 0.717) is 19.0 Å². The average Bonchev–Trinajstić information content (AvgIpc) is 3.02. The fourth-order valence-electron chi connectivity index (χ4n) is 2.79. The van der Waals surface area contributed by atoms with E-state index in [9.17, 15) is 9.90 Å². The molecule has 3 aromatic rings. The van der Waals surface area contributed by atoms with Gasteiger partial charge in [0.25, 0.3) is 5.91 Å². The molecule has 1 heterocycles. The predicted octanol–water partition coefficient (Wildman–Crippen LogP) is 6.73. The highest BCUT2D eigenvalue weighted by atomic mass is 79.9. The van der Waals surface area contributed by atoms with Crippen LogP contribution >= 0.6 is 43.6 Å². The maximum absolute atomic E-state index is 13.2. The Kier molecular flexibility index (Phi) is 5.89. The Morgan fingerprint density at radius 3 is 2.14 bits per heavy atom. The van der Waals surface area contributed by atoms with E-state index in [1.807, 2.05) is 60.7 Å². The number of benzene rings is 3. The van der Waals surface area contributed by atoms with E-state index in [1.54, 1.807) is 23.1 Å². The first-order chi connectivity index (χ1) is 14.0. The van der Waals surface area contributed by atoms with Crippen molar-refractivity contribution in [3.05, 3.63) is 92.2 Å². The molecule has 7 heteroatoms. The summed E-state index contributed by atoms with van der Waals surface area (Å²) < 4.78 is 1.10. The van der Waals surface area contributed by atoms with Gasteiger partial charge in [0, 0.05) is 0 Å². The summed E-state index contributed by atoms with van der Waals surface area (Å²) in [7, 11) is 0. The molecule has 29 heavy (non-hydrogen) atoms. The molecule has 4 nitrogen and oxygen atoms in total. The van der Waals surface area contributed by atoms with Crippen molar-refractivity contribution >= 4 is 72.1 Å². The van der Waals surface area contributed by atoms with Gasteiger partial charge in [-0.2, -0.15) is 0 Å². The minimum absolute atomic E-state index is 0.120. The van der Waals surface area contributed by atoms with Crippen molar-refractivity contribution in [1.82, 2.24) is 0 Å². The van der Waals surface area contributed by atoms with Gasteiger partial charge in [0.1, 0.15) is 5.75 Å². The van der Waals surface area contributed by atoms with Crippen LogP contribution in [0.4, 0.5) is 11.4 Å². The van der Waals surface area contributed by atoms with Gasteiger partial charge in [0.15, 0.2) is 5.17 Å². The van der Waals surface area contributed by atoms with E-state index in [2.05, 4.69) is 31.9 Å². The smallest absolute Gasteiger partial charge is 0.271 e. The van der Waals surface area contributed by atoms with E-state index in [4.69, 9.17) is 4.99 Å². The van der Waals surface area contributed by atoms with Crippen molar-refractivity contribution < 1.29 is 9.90 Å². The third-order valence-electron chi connectivity index (χ3n) is 4.14. The number of carbonyl (C=O) groups excluding carboxylic acids is 1. The molecular weight excluding hydrogens is 516 g/mol. The molecule has 1 aliphatic heterocycles. The van der Waals surface area contributed by atoms with E-state index in [1.165, 1.54) is 11.8 Å². The van der Waals surface area contributed by atoms with Crippen LogP contribution in [0.1, 0.15) is 5.56 Å². The lowest BCUT2D eigenvalue weighted by Crippen LogP contribution is -2.28. The molecule has 1 aliphatic rings. The van der Waals surface area contributed by atoms with Gasteiger partial charge in [0.2, 0.25) is 0 Å². The monoisotopic (exact) mass is 528 g/mol. The molecule has 1 amide bonds. The second-order valence-electron chi connectivity index (χ2n) is 6.15. The number of phenolic OH excluding ortho intramolecular Hbond substituents is 1. The summed E-state index contributed by atoms with van der Waals surface area (Å²) in [6.45, 7) is 0. The third kappa shape index (κ3) is 4.32. The first kappa shape index (κ1) is 19.9. The molecule has 0 atom stereocenters. The predicted molar refractivity (Wildman–Crippen MR) is 127 cm³/mol. The Hall–Kier alpha value is -2.35. The number of rotatable bonds is 3. The maximum atomic E-state index is 13.2. The Morgan fingerprint density at radius 1 is 0.931 bits per heavy atom. The van der Waals surface area contributed by atoms with Crippen molar-refractivity contribution in [3.63, 3.8) is 0 Å². The van der Waals surface area contributed by atoms with Crippen LogP contribution in [0.3, 0.4) is 0 Å². The number of aromatic hydroxyl groups is 1. The van der Waals surface area contributed by atoms with Crippen LogP contribution in [0.5, 0.6) is 5.75 Å². The number of amides is 1. The van der Waals surface area contributed by atoms with Crippen LogP contribution in [0.2, 0.25) is 0 Å². The Labute approximate surface area is 189 Å². The lowest BCUT2D eigenvalue weighted by Gasteiger charge is -2.15. The van der Waals surface area contributed by atoms with Gasteiger partial charge in [-0.15, -0.1) is 0 Å². The van der Waals surface area contributed by atoms with Gasteiger partial charge >= 0.3 is 0 Å². The van der Waals surface area contributed by atoms with Crippen molar-refractivity contribution in [1.29, 1.82) is 0 Å². The van der Waals surface area contributed by atoms with Crippen LogP contribution in [-0.4, -0.2) is 16.2 Å². The third-order valence-corrected chi connectivity index (χ3v) is 6.32. The van der Waals surface area contributed by atoms with Crippen LogP contribution in [0.15, 0.2) is 91.6 Å². The fourth-order valence-corrected chi connectivity index (χ4v) is 5.01. The molecule has 0 saturated carbocycles. The SMILES string of the molecule is O=C1/C(=C\c2cc(Br)c(O)c(Br)c2)SC(=Nc2ccccc2)N1c1ccccc1. The zero-order chi connectivity index (χ0) is 20.4. The van der Waals surface area contributed by atoms with E-state index in [0.717, 1.165) is 16.9 Å². The van der Waals surface area contributed by atoms with Crippen molar-refractivity contribution in [2.75, 3.05) is 4.90 Å². The second-order valence-corrected chi connectivity index (χ2v) is 8.87. The van der Waals surface area contributed by atoms with Crippen molar-refractivity contribution in [2.45, 2.75) is 0 Å². The van der Waals surface area contributed by atoms with Gasteiger partial charge < -0.3 is 5.11 Å². The number of nitrogens with zero attached hydrogens (tertiary/aromatic N) is 2. The van der Waals surface area contributed by atoms with Crippen molar-refractivity contribution in [3.8, 4) is 5.75 Å². The number of hydrogen-bond donors (Lipinski definition) is 1. The largest absolute Gasteiger partial charge is 0.506 e. The number of anilines is 1. The number of halogens is 2. The normalized spacial score (nSPS) is 16.8. The quantitative estimate of drug-likeness (QED) is 0.383. The molecule has 0 spiro atoms. The van der Waals surface area contributed by atoms with Gasteiger partial charge in [-0.3, -0.25) is 9.69 Å². The number of phenols is 1. The zero-order valence-electron chi connectivity index (χ0n) is 14.9. The topological polar surface area (TPSA) is 52.9 Å². The number of para-hydroxylation sites is 2. The number of amidine groups is 1. The highest BCUT2D eigenvalue weighted by molar-refractivity contribution is 9.11. The van der Waals surface area contributed by atoms with Gasteiger partial charge in [0.05, 0.1) is 25.2 Å². The minimum atomic E-state index is -0.142. The molecular formula is C22H14Br2N2O2S. The second kappa shape index (κ2) is 8.57. The summed E-state index contributed by atoms with van der Waals surface area (Å²) in [4.78, 5) is 20.1. The molecule has 1 N–H and O–H groups in total. The molecule has 0 bridgehead atoms. The Morgan fingerprint density at radius 2 is 1.52 bits per heavy atom. The summed E-state index contributed by atoms with van der Waals surface area (Å²) in [6, 6.07) is 22.5. The summed E-state index contributed by atoms with van der Waals surface area (Å²) in [5.74, 6) is -0.0222. The molecule has 0 aliphatic carbocycles. The number of carbonyl (C=O) groups is 1. The Balaban J connectivity index is 1.78. The molecule has 1 saturated heterocycles. The van der Waals surface area contributed by atoms with Gasteiger partial charge in [-0.1, -0.05) is 36.4 Å². The first-order valence-electron chi connectivity index (χ1n) is 8.64. The van der Waals surface area contributed by atoms with Crippen LogP contribution < -0.4 is 4.90 Å². The maximum Gasteiger partial charge on any atom is 0.271 e. The molecule has 0 radical (unpaired) electrons. The molecule has 3 aromatic carbocycles. The first-order valence-corrected chi connectivity index (χ1v) is 11.0. The Bertz CT molecular complexity index is 1110. The summed E-state index contributed by atoms with van der Waals surface area (Å²) in [5.41, 5.74) is 2.32. The summed E-state index contributed by atoms with van der Waals surface area (Å²) in [5, 5.41) is 10.5. The van der Waals surface area contributed by atoms with Crippen LogP contribution in [-0.2, 0) is 4.79 Å². The summed E-state index contributed by atoms with van der Waals surface area (Å²) in [6.07, 6.45) is 1.80. The number of aliphatic imine (C=N–C) groups is 1. The standard InChI is InChI=1S/C22H14Br2N2O2S/c23-17-11-14(12-18(24)20(17)27)13-19-21(28)26(16-9-5-2-6-10-16)22(29-19)25-15-7-3-1-4-8-15/h1-13,27H/b19-13+,25-22?. The van der Waals surface area contributed by atoms with Gasteiger partial charge in [-0.05, 0) is 91.7 Å². The van der Waals surface area contributed by atoms with Crippen LogP contribution in [0.25, 0.3) is 6.08 Å². The summed E-state index contributed by atoms with van der Waals surface area (Å²) >= 11 is 7.98. The number of thioether (sulfide) groups is 1. The van der Waals surface area contributed by atoms with Crippen LogP contribution in [0, 0.1) is 0 Å². The van der Waals surface area contributed by atoms with Crippen molar-refractivity contribution in [2.24, 2.45) is 4.99 Å². The highest BCUT2D eigenvalue weighted by Crippen LogP contribution is 2.39. The van der Waals surface area contributed by atoms with E-state index in [-0.39, 0.29) is 11.7 Å². The fraction of sp³-hybridized carbons (Fsp3) is 0. The molecule has 0 unspecified atom stereocenters. The highest BCUT2D eigenvalue weighted by Gasteiger charge is 2.34. The van der Waals surface area contributed by atoms with E-state index >= 15 is 0 Å². The minimum Gasteiger partial charge on any atom is -0.506 e. The average molecular weight is 530 g/mol. The molecule has 0 aromatic heterocycles. The zero-order valence-corrected chi connectivity index (χ0v) is 18.9. The molecule has 4 rings (SSSR count). The molecule has 1 fully saturated rings. The lowest BCUT2D eigenvalue weighted by molar-refractivity contribution is -0.113. The lowest BCUT2D eigenvalue weighted by atomic mass is 10.2.